The largest absolute Gasteiger partial charge is 0.382 e. The van der Waals surface area contributed by atoms with E-state index in [0.29, 0.717) is 11.7 Å². The van der Waals surface area contributed by atoms with Gasteiger partial charge in [-0.1, -0.05) is 32.0 Å². The molecule has 0 N–H and O–H groups in total. The van der Waals surface area contributed by atoms with Crippen molar-refractivity contribution in [3.63, 3.8) is 0 Å². The average Bonchev–Trinajstić information content (AvgIpc) is 2.14. The minimum absolute atomic E-state index is 0.103. The van der Waals surface area contributed by atoms with E-state index in [1.54, 1.807) is 12.1 Å². The van der Waals surface area contributed by atoms with E-state index < -0.39 is 10.1 Å². The van der Waals surface area contributed by atoms with Crippen LogP contribution in [0.1, 0.15) is 31.7 Å². The second kappa shape index (κ2) is 4.09. The molecule has 3 nitrogen and oxygen atoms in total. The van der Waals surface area contributed by atoms with E-state index in [4.69, 9.17) is 4.18 Å². The first kappa shape index (κ1) is 11.5. The second-order valence-corrected chi connectivity index (χ2v) is 6.20. The van der Waals surface area contributed by atoms with Gasteiger partial charge in [0.2, 0.25) is 0 Å². The van der Waals surface area contributed by atoms with Crippen LogP contribution in [0.2, 0.25) is 0 Å². The van der Waals surface area contributed by atoms with Crippen LogP contribution < -0.4 is 4.18 Å². The fourth-order valence-electron chi connectivity index (χ4n) is 2.28. The molecule has 0 aromatic heterocycles. The highest BCUT2D eigenvalue weighted by molar-refractivity contribution is 7.87. The summed E-state index contributed by atoms with van der Waals surface area (Å²) in [7, 11) is -3.43. The maximum atomic E-state index is 11.7. The Labute approximate surface area is 96.6 Å². The zero-order valence-electron chi connectivity index (χ0n) is 9.51. The summed E-state index contributed by atoms with van der Waals surface area (Å²) in [5.74, 6) is 1.06. The van der Waals surface area contributed by atoms with Gasteiger partial charge in [-0.05, 0) is 29.9 Å². The summed E-state index contributed by atoms with van der Waals surface area (Å²) in [6.45, 7) is 4.06. The SMILES string of the molecule is CC1CC(C)c2ccccc2OS(=O)(=O)C1. The summed E-state index contributed by atoms with van der Waals surface area (Å²) >= 11 is 0. The molecule has 0 spiro atoms. The first-order chi connectivity index (χ1) is 7.48. The van der Waals surface area contributed by atoms with Gasteiger partial charge in [0.25, 0.3) is 0 Å². The molecule has 2 unspecified atom stereocenters. The van der Waals surface area contributed by atoms with Crippen molar-refractivity contribution in [2.24, 2.45) is 5.92 Å². The van der Waals surface area contributed by atoms with Gasteiger partial charge in [0.1, 0.15) is 5.75 Å². The summed E-state index contributed by atoms with van der Waals surface area (Å²) in [4.78, 5) is 0. The molecule has 4 heteroatoms. The molecule has 1 aromatic carbocycles. The second-order valence-electron chi connectivity index (χ2n) is 4.59. The zero-order valence-corrected chi connectivity index (χ0v) is 10.3. The van der Waals surface area contributed by atoms with Gasteiger partial charge in [-0.2, -0.15) is 8.42 Å². The first-order valence-corrected chi connectivity index (χ1v) is 7.07. The third kappa shape index (κ3) is 2.38. The maximum Gasteiger partial charge on any atom is 0.309 e. The lowest BCUT2D eigenvalue weighted by Crippen LogP contribution is -2.23. The van der Waals surface area contributed by atoms with Crippen LogP contribution in [0.25, 0.3) is 0 Å². The lowest BCUT2D eigenvalue weighted by Gasteiger charge is -2.23. The van der Waals surface area contributed by atoms with Crippen molar-refractivity contribution in [3.05, 3.63) is 29.8 Å². The molecule has 2 atom stereocenters. The zero-order chi connectivity index (χ0) is 11.8. The highest BCUT2D eigenvalue weighted by Crippen LogP contribution is 2.34. The Morgan fingerprint density at radius 1 is 1.25 bits per heavy atom. The molecule has 0 bridgehead atoms. The normalized spacial score (nSPS) is 28.4. The molecule has 0 amide bonds. The molecular formula is C12H16O3S. The first-order valence-electron chi connectivity index (χ1n) is 5.49. The predicted octanol–water partition coefficient (Wildman–Crippen LogP) is 2.54. The highest BCUT2D eigenvalue weighted by atomic mass is 32.2. The topological polar surface area (TPSA) is 43.4 Å². The van der Waals surface area contributed by atoms with Gasteiger partial charge in [-0.3, -0.25) is 0 Å². The molecule has 88 valence electrons. The molecule has 1 aliphatic rings. The van der Waals surface area contributed by atoms with Crippen LogP contribution in [0.5, 0.6) is 5.75 Å². The Hall–Kier alpha value is -1.03. The molecule has 2 rings (SSSR count). The lowest BCUT2D eigenvalue weighted by atomic mass is 9.91. The van der Waals surface area contributed by atoms with Crippen molar-refractivity contribution in [3.8, 4) is 5.75 Å². The number of fused-ring (bicyclic) bond motifs is 1. The Bertz CT molecular complexity index is 479. The number of para-hydroxylation sites is 1. The third-order valence-electron chi connectivity index (χ3n) is 2.91. The van der Waals surface area contributed by atoms with Crippen molar-refractivity contribution < 1.29 is 12.6 Å². The molecule has 0 fully saturated rings. The van der Waals surface area contributed by atoms with Crippen molar-refractivity contribution >= 4 is 10.1 Å². The summed E-state index contributed by atoms with van der Waals surface area (Å²) in [5.41, 5.74) is 0.984. The smallest absolute Gasteiger partial charge is 0.309 e. The van der Waals surface area contributed by atoms with E-state index in [2.05, 4.69) is 6.92 Å². The molecule has 1 aliphatic heterocycles. The Kier molecular flexibility index (Phi) is 2.93. The van der Waals surface area contributed by atoms with E-state index in [0.717, 1.165) is 12.0 Å². The van der Waals surface area contributed by atoms with Gasteiger partial charge in [0.15, 0.2) is 0 Å². The molecule has 0 saturated carbocycles. The minimum Gasteiger partial charge on any atom is -0.382 e. The lowest BCUT2D eigenvalue weighted by molar-refractivity contribution is 0.433. The van der Waals surface area contributed by atoms with Crippen LogP contribution in [0.15, 0.2) is 24.3 Å². The van der Waals surface area contributed by atoms with E-state index in [1.165, 1.54) is 0 Å². The number of hydrogen-bond donors (Lipinski definition) is 0. The highest BCUT2D eigenvalue weighted by Gasteiger charge is 2.26. The fraction of sp³-hybridized carbons (Fsp3) is 0.500. The van der Waals surface area contributed by atoms with Crippen LogP contribution in [-0.4, -0.2) is 14.2 Å². The standard InChI is InChI=1S/C12H16O3S/c1-9-7-10(2)11-5-3-4-6-12(11)15-16(13,14)8-9/h3-6,9-10H,7-8H2,1-2H3. The number of rotatable bonds is 0. The van der Waals surface area contributed by atoms with Crippen LogP contribution in [0.3, 0.4) is 0 Å². The van der Waals surface area contributed by atoms with Gasteiger partial charge in [0, 0.05) is 0 Å². The molecule has 0 aliphatic carbocycles. The van der Waals surface area contributed by atoms with E-state index in [1.807, 2.05) is 19.1 Å². The minimum atomic E-state index is -3.43. The molecule has 1 aromatic rings. The van der Waals surface area contributed by atoms with Gasteiger partial charge in [0.05, 0.1) is 5.75 Å². The van der Waals surface area contributed by atoms with E-state index in [9.17, 15) is 8.42 Å². The van der Waals surface area contributed by atoms with Crippen molar-refractivity contribution in [1.82, 2.24) is 0 Å². The third-order valence-corrected chi connectivity index (χ3v) is 4.32. The Morgan fingerprint density at radius 3 is 2.69 bits per heavy atom. The molecule has 0 radical (unpaired) electrons. The van der Waals surface area contributed by atoms with Crippen LogP contribution >= 0.6 is 0 Å². The monoisotopic (exact) mass is 240 g/mol. The summed E-state index contributed by atoms with van der Waals surface area (Å²) in [6.07, 6.45) is 0.875. The molecular weight excluding hydrogens is 224 g/mol. The Balaban J connectivity index is 2.47. The summed E-state index contributed by atoms with van der Waals surface area (Å²) in [6, 6.07) is 7.37. The van der Waals surface area contributed by atoms with Gasteiger partial charge >= 0.3 is 10.1 Å². The average molecular weight is 240 g/mol. The molecule has 0 saturated heterocycles. The van der Waals surface area contributed by atoms with Crippen LogP contribution in [0, 0.1) is 5.92 Å². The Morgan fingerprint density at radius 2 is 1.94 bits per heavy atom. The molecule has 16 heavy (non-hydrogen) atoms. The number of hydrogen-bond acceptors (Lipinski definition) is 3. The van der Waals surface area contributed by atoms with Crippen molar-refractivity contribution in [2.75, 3.05) is 5.75 Å². The molecule has 1 heterocycles. The van der Waals surface area contributed by atoms with Crippen LogP contribution in [-0.2, 0) is 10.1 Å². The van der Waals surface area contributed by atoms with Gasteiger partial charge < -0.3 is 4.18 Å². The van der Waals surface area contributed by atoms with Gasteiger partial charge in [-0.25, -0.2) is 0 Å². The van der Waals surface area contributed by atoms with Crippen molar-refractivity contribution in [1.29, 1.82) is 0 Å². The number of benzene rings is 1. The fourth-order valence-corrected chi connectivity index (χ4v) is 3.61. The predicted molar refractivity (Wildman–Crippen MR) is 63.1 cm³/mol. The quantitative estimate of drug-likeness (QED) is 0.654. The summed E-state index contributed by atoms with van der Waals surface area (Å²) in [5, 5.41) is 0. The van der Waals surface area contributed by atoms with Crippen molar-refractivity contribution in [2.45, 2.75) is 26.2 Å². The van der Waals surface area contributed by atoms with Gasteiger partial charge in [-0.15, -0.1) is 0 Å². The summed E-state index contributed by atoms with van der Waals surface area (Å²) < 4.78 is 28.5. The van der Waals surface area contributed by atoms with Crippen LogP contribution in [0.4, 0.5) is 0 Å². The van der Waals surface area contributed by atoms with E-state index in [-0.39, 0.29) is 11.7 Å². The maximum absolute atomic E-state index is 11.7. The van der Waals surface area contributed by atoms with E-state index >= 15 is 0 Å².